The quantitative estimate of drug-likeness (QED) is 0.122. The molecule has 0 unspecified atom stereocenters. The summed E-state index contributed by atoms with van der Waals surface area (Å²) in [5, 5.41) is 41.0. The van der Waals surface area contributed by atoms with Crippen molar-refractivity contribution in [1.29, 1.82) is 0 Å². The maximum absolute atomic E-state index is 13.0. The molecule has 3 aliphatic heterocycles. The third-order valence-corrected chi connectivity index (χ3v) is 9.94. The molecule has 0 aromatic heterocycles. The Balaban J connectivity index is 1.33. The smallest absolute Gasteiger partial charge is 0.331 e. The Labute approximate surface area is 227 Å². The fraction of sp³-hybridized carbons (Fsp3) is 0.655. The SMILES string of the molecule is CC1=C[C@H]2O[C@@H]3C[C@@H](OC(=O)/C=C\C=C\[C@]4([C@H](C)O)OCC/C(=C\C(=O)O)[C@@H]4O)[C@](C)([C@@]2(CO)CC1)[C@@]31CO1. The van der Waals surface area contributed by atoms with Crippen molar-refractivity contribution >= 4 is 11.9 Å². The van der Waals surface area contributed by atoms with Crippen LogP contribution in [0.5, 0.6) is 0 Å². The summed E-state index contributed by atoms with van der Waals surface area (Å²) in [6, 6.07) is 0. The molecule has 214 valence electrons. The molecule has 4 N–H and O–H groups in total. The summed E-state index contributed by atoms with van der Waals surface area (Å²) >= 11 is 0. The van der Waals surface area contributed by atoms with Gasteiger partial charge in [-0.1, -0.05) is 30.7 Å². The second-order valence-electron chi connectivity index (χ2n) is 11.7. The predicted octanol–water partition coefficient (Wildman–Crippen LogP) is 1.59. The Morgan fingerprint density at radius 2 is 2.00 bits per heavy atom. The number of carbonyl (C=O) groups excluding carboxylic acids is 1. The Bertz CT molecular complexity index is 1130. The summed E-state index contributed by atoms with van der Waals surface area (Å²) in [5.41, 5.74) is -1.96. The average Bonchev–Trinajstić information content (AvgIpc) is 3.66. The number of epoxide rings is 1. The standard InChI is InChI=1S/C29H38O10/c1-17-7-10-27(15-30)21(12-17)38-22-14-20(26(27,3)29(22)16-37-29)39-24(34)6-4-5-9-28(18(2)31)25(35)19(8-11-36-28)13-23(32)33/h4-6,9,12-13,18,20-22,25,30-31,35H,7-8,10-11,14-16H2,1-3H3,(H,32,33)/b6-4-,9-5+,19-13+/t18-,20+,21+,22+,25-,26+,27+,28+,29+/m0/s1. The van der Waals surface area contributed by atoms with Crippen LogP contribution in [0.15, 0.2) is 47.6 Å². The van der Waals surface area contributed by atoms with Crippen LogP contribution < -0.4 is 0 Å². The van der Waals surface area contributed by atoms with Crippen molar-refractivity contribution in [2.75, 3.05) is 19.8 Å². The third kappa shape index (κ3) is 4.15. The van der Waals surface area contributed by atoms with E-state index in [1.807, 2.05) is 0 Å². The van der Waals surface area contributed by atoms with Crippen molar-refractivity contribution in [3.8, 4) is 0 Å². The van der Waals surface area contributed by atoms with Gasteiger partial charge < -0.3 is 39.4 Å². The van der Waals surface area contributed by atoms with E-state index >= 15 is 0 Å². The van der Waals surface area contributed by atoms with Crippen molar-refractivity contribution < 1.29 is 49.0 Å². The van der Waals surface area contributed by atoms with Crippen molar-refractivity contribution in [2.24, 2.45) is 10.8 Å². The van der Waals surface area contributed by atoms with Crippen LogP contribution in [0.3, 0.4) is 0 Å². The number of rotatable bonds is 7. The largest absolute Gasteiger partial charge is 0.478 e. The minimum atomic E-state index is -1.56. The molecule has 39 heavy (non-hydrogen) atoms. The normalized spacial score (nSPS) is 45.0. The van der Waals surface area contributed by atoms with Gasteiger partial charge in [-0.05, 0) is 44.8 Å². The molecule has 2 bridgehead atoms. The van der Waals surface area contributed by atoms with E-state index in [9.17, 15) is 24.9 Å². The number of aliphatic hydroxyl groups excluding tert-OH is 3. The minimum absolute atomic E-state index is 0.107. The molecule has 3 saturated heterocycles. The van der Waals surface area contributed by atoms with Crippen molar-refractivity contribution in [2.45, 2.75) is 88.2 Å². The van der Waals surface area contributed by atoms with Crippen LogP contribution in [0, 0.1) is 10.8 Å². The highest BCUT2D eigenvalue weighted by atomic mass is 16.6. The number of aliphatic hydroxyl groups is 3. The first kappa shape index (κ1) is 28.2. The molecule has 5 rings (SSSR count). The van der Waals surface area contributed by atoms with E-state index in [-0.39, 0.29) is 37.4 Å². The number of hydrogen-bond donors (Lipinski definition) is 4. The number of ether oxygens (including phenoxy) is 4. The zero-order valence-corrected chi connectivity index (χ0v) is 22.5. The molecule has 2 aliphatic carbocycles. The number of esters is 1. The summed E-state index contributed by atoms with van der Waals surface area (Å²) < 4.78 is 24.2. The van der Waals surface area contributed by atoms with Crippen molar-refractivity contribution in [1.82, 2.24) is 0 Å². The van der Waals surface area contributed by atoms with Gasteiger partial charge in [-0.2, -0.15) is 0 Å². The van der Waals surface area contributed by atoms with E-state index in [0.29, 0.717) is 19.4 Å². The van der Waals surface area contributed by atoms with Gasteiger partial charge >= 0.3 is 11.9 Å². The van der Waals surface area contributed by atoms with Gasteiger partial charge in [0.2, 0.25) is 0 Å². The van der Waals surface area contributed by atoms with Gasteiger partial charge in [-0.25, -0.2) is 9.59 Å². The molecule has 9 atom stereocenters. The van der Waals surface area contributed by atoms with Crippen LogP contribution in [0.4, 0.5) is 0 Å². The van der Waals surface area contributed by atoms with Crippen LogP contribution in [0.1, 0.15) is 46.5 Å². The lowest BCUT2D eigenvalue weighted by Crippen LogP contribution is -2.66. The summed E-state index contributed by atoms with van der Waals surface area (Å²) in [5.74, 6) is -1.77. The minimum Gasteiger partial charge on any atom is -0.478 e. The third-order valence-electron chi connectivity index (χ3n) is 9.94. The first-order chi connectivity index (χ1) is 18.5. The molecule has 10 nitrogen and oxygen atoms in total. The second-order valence-corrected chi connectivity index (χ2v) is 11.7. The Morgan fingerprint density at radius 3 is 2.64 bits per heavy atom. The van der Waals surface area contributed by atoms with Crippen LogP contribution in [-0.4, -0.2) is 93.9 Å². The lowest BCUT2D eigenvalue weighted by Gasteiger charge is -2.58. The molecule has 0 aromatic carbocycles. The number of carboxylic acid groups (broad SMARTS) is 1. The molecule has 1 saturated carbocycles. The molecule has 0 aromatic rings. The highest BCUT2D eigenvalue weighted by Crippen LogP contribution is 2.71. The molecular weight excluding hydrogens is 508 g/mol. The second kappa shape index (κ2) is 9.94. The fourth-order valence-corrected chi connectivity index (χ4v) is 7.47. The van der Waals surface area contributed by atoms with Gasteiger partial charge in [0.25, 0.3) is 0 Å². The summed E-state index contributed by atoms with van der Waals surface area (Å²) in [6.07, 6.45) is 7.24. The maximum atomic E-state index is 13.0. The van der Waals surface area contributed by atoms with E-state index in [1.165, 1.54) is 36.8 Å². The van der Waals surface area contributed by atoms with Crippen LogP contribution >= 0.6 is 0 Å². The van der Waals surface area contributed by atoms with Crippen LogP contribution in [-0.2, 0) is 28.5 Å². The highest BCUT2D eigenvalue weighted by molar-refractivity contribution is 5.82. The fourth-order valence-electron chi connectivity index (χ4n) is 7.47. The summed E-state index contributed by atoms with van der Waals surface area (Å²) in [6.45, 7) is 6.07. The zero-order valence-electron chi connectivity index (χ0n) is 22.5. The number of aliphatic carboxylic acids is 1. The first-order valence-electron chi connectivity index (χ1n) is 13.5. The summed E-state index contributed by atoms with van der Waals surface area (Å²) in [7, 11) is 0. The topological polar surface area (TPSA) is 155 Å². The highest BCUT2D eigenvalue weighted by Gasteiger charge is 2.82. The number of hydrogen-bond acceptors (Lipinski definition) is 9. The number of allylic oxidation sites excluding steroid dienone is 3. The number of fused-ring (bicyclic) bond motifs is 2. The zero-order chi connectivity index (χ0) is 28.2. The van der Waals surface area contributed by atoms with E-state index in [0.717, 1.165) is 12.5 Å². The molecule has 5 aliphatic rings. The predicted molar refractivity (Wildman–Crippen MR) is 137 cm³/mol. The molecular formula is C29H38O10. The van der Waals surface area contributed by atoms with Gasteiger partial charge in [-0.3, -0.25) is 0 Å². The van der Waals surface area contributed by atoms with Crippen LogP contribution in [0.2, 0.25) is 0 Å². The van der Waals surface area contributed by atoms with Crippen LogP contribution in [0.25, 0.3) is 0 Å². The van der Waals surface area contributed by atoms with Gasteiger partial charge in [0, 0.05) is 29.4 Å². The Hall–Kier alpha value is -2.34. The van der Waals surface area contributed by atoms with E-state index in [2.05, 4.69) is 19.9 Å². The Morgan fingerprint density at radius 1 is 1.26 bits per heavy atom. The summed E-state index contributed by atoms with van der Waals surface area (Å²) in [4.78, 5) is 24.1. The van der Waals surface area contributed by atoms with E-state index < -0.39 is 52.3 Å². The van der Waals surface area contributed by atoms with Gasteiger partial charge in [0.05, 0.1) is 38.1 Å². The monoisotopic (exact) mass is 546 g/mol. The van der Waals surface area contributed by atoms with Gasteiger partial charge in [-0.15, -0.1) is 0 Å². The number of carboxylic acids is 1. The van der Waals surface area contributed by atoms with E-state index in [4.69, 9.17) is 24.1 Å². The van der Waals surface area contributed by atoms with Crippen molar-refractivity contribution in [3.05, 3.63) is 47.6 Å². The molecule has 0 amide bonds. The van der Waals surface area contributed by atoms with E-state index in [1.54, 1.807) is 0 Å². The Kier molecular flexibility index (Phi) is 7.18. The lowest BCUT2D eigenvalue weighted by atomic mass is 9.51. The van der Waals surface area contributed by atoms with Crippen molar-refractivity contribution in [3.63, 3.8) is 0 Å². The molecule has 10 heteroatoms. The first-order valence-corrected chi connectivity index (χ1v) is 13.5. The van der Waals surface area contributed by atoms with Gasteiger partial charge in [0.1, 0.15) is 23.4 Å². The average molecular weight is 547 g/mol. The molecule has 0 radical (unpaired) electrons. The lowest BCUT2D eigenvalue weighted by molar-refractivity contribution is -0.228. The van der Waals surface area contributed by atoms with Gasteiger partial charge in [0.15, 0.2) is 0 Å². The maximum Gasteiger partial charge on any atom is 0.331 e. The molecule has 1 spiro atoms. The molecule has 4 fully saturated rings. The number of carbonyl (C=O) groups is 2. The molecule has 3 heterocycles.